The van der Waals surface area contributed by atoms with Gasteiger partial charge in [0.05, 0.1) is 30.3 Å². The topological polar surface area (TPSA) is 81.9 Å². The summed E-state index contributed by atoms with van der Waals surface area (Å²) in [5.74, 6) is 0.125. The molecule has 3 aromatic rings. The van der Waals surface area contributed by atoms with E-state index in [1.54, 1.807) is 29.2 Å². The molecule has 0 aliphatic carbocycles. The van der Waals surface area contributed by atoms with Crippen LogP contribution in [0, 0.1) is 6.92 Å². The molecule has 0 bridgehead atoms. The fraction of sp³-hybridized carbons (Fsp3) is 0.176. The Morgan fingerprint density at radius 2 is 1.96 bits per heavy atom. The molecule has 2 heterocycles. The molecule has 0 aliphatic rings. The zero-order valence-electron chi connectivity index (χ0n) is 13.6. The minimum Gasteiger partial charge on any atom is -0.465 e. The van der Waals surface area contributed by atoms with Gasteiger partial charge in [0, 0.05) is 25.0 Å². The van der Waals surface area contributed by atoms with E-state index in [0.717, 1.165) is 22.5 Å². The molecule has 2 aromatic heterocycles. The second-order valence-corrected chi connectivity index (χ2v) is 5.32. The number of anilines is 2. The van der Waals surface area contributed by atoms with Crippen LogP contribution in [-0.2, 0) is 11.8 Å². The van der Waals surface area contributed by atoms with Crippen LogP contribution in [-0.4, -0.2) is 32.8 Å². The Labute approximate surface area is 139 Å². The molecule has 0 radical (unpaired) electrons. The average Bonchev–Trinajstić information content (AvgIpc) is 3.01. The van der Waals surface area contributed by atoms with E-state index in [1.807, 2.05) is 32.3 Å². The number of nitrogens with zero attached hydrogens (tertiary/aromatic N) is 4. The maximum atomic E-state index is 11.5. The second kappa shape index (κ2) is 6.49. The molecule has 7 heteroatoms. The standard InChI is InChI=1S/C17H17N5O2/c1-11-8-18-17(20-14-9-19-22(2)10-14)21-15(11)12-4-6-13(7-5-12)16(23)24-3/h4-10H,1-3H3,(H,18,20,21). The van der Waals surface area contributed by atoms with E-state index >= 15 is 0 Å². The normalized spacial score (nSPS) is 10.5. The predicted molar refractivity (Wildman–Crippen MR) is 90.0 cm³/mol. The smallest absolute Gasteiger partial charge is 0.337 e. The Bertz CT molecular complexity index is 871. The van der Waals surface area contributed by atoms with Gasteiger partial charge in [-0.05, 0) is 24.6 Å². The number of aromatic nitrogens is 4. The van der Waals surface area contributed by atoms with Crippen molar-refractivity contribution in [3.63, 3.8) is 0 Å². The number of nitrogens with one attached hydrogen (secondary N) is 1. The summed E-state index contributed by atoms with van der Waals surface area (Å²) < 4.78 is 6.41. The van der Waals surface area contributed by atoms with Crippen molar-refractivity contribution in [2.45, 2.75) is 6.92 Å². The zero-order chi connectivity index (χ0) is 17.1. The molecular weight excluding hydrogens is 306 g/mol. The Balaban J connectivity index is 1.89. The molecule has 0 amide bonds. The summed E-state index contributed by atoms with van der Waals surface area (Å²) in [5, 5.41) is 7.22. The number of hydrogen-bond acceptors (Lipinski definition) is 6. The minimum absolute atomic E-state index is 0.361. The fourth-order valence-electron chi connectivity index (χ4n) is 2.29. The summed E-state index contributed by atoms with van der Waals surface area (Å²) in [7, 11) is 3.21. The summed E-state index contributed by atoms with van der Waals surface area (Å²) >= 11 is 0. The van der Waals surface area contributed by atoms with E-state index in [2.05, 4.69) is 20.4 Å². The number of rotatable bonds is 4. The summed E-state index contributed by atoms with van der Waals surface area (Å²) in [6.45, 7) is 1.94. The zero-order valence-corrected chi connectivity index (χ0v) is 13.6. The number of carbonyl (C=O) groups excluding carboxylic acids is 1. The number of methoxy groups -OCH3 is 1. The number of ether oxygens (including phenoxy) is 1. The van der Waals surface area contributed by atoms with Crippen molar-refractivity contribution in [1.82, 2.24) is 19.7 Å². The molecule has 0 spiro atoms. The SMILES string of the molecule is COC(=O)c1ccc(-c2nc(Nc3cnn(C)c3)ncc2C)cc1. The second-order valence-electron chi connectivity index (χ2n) is 5.32. The molecular formula is C17H17N5O2. The lowest BCUT2D eigenvalue weighted by molar-refractivity contribution is 0.0601. The highest BCUT2D eigenvalue weighted by Gasteiger charge is 2.10. The van der Waals surface area contributed by atoms with Gasteiger partial charge >= 0.3 is 5.97 Å². The number of benzene rings is 1. The third-order valence-electron chi connectivity index (χ3n) is 3.51. The lowest BCUT2D eigenvalue weighted by Crippen LogP contribution is -2.02. The van der Waals surface area contributed by atoms with Crippen LogP contribution in [0.5, 0.6) is 0 Å². The molecule has 0 saturated heterocycles. The monoisotopic (exact) mass is 323 g/mol. The van der Waals surface area contributed by atoms with E-state index < -0.39 is 0 Å². The fourth-order valence-corrected chi connectivity index (χ4v) is 2.29. The molecule has 7 nitrogen and oxygen atoms in total. The molecule has 1 aromatic carbocycles. The lowest BCUT2D eigenvalue weighted by Gasteiger charge is -2.08. The largest absolute Gasteiger partial charge is 0.465 e. The van der Waals surface area contributed by atoms with Crippen LogP contribution in [0.25, 0.3) is 11.3 Å². The van der Waals surface area contributed by atoms with Gasteiger partial charge in [0.15, 0.2) is 0 Å². The predicted octanol–water partition coefficient (Wildman–Crippen LogP) is 2.72. The van der Waals surface area contributed by atoms with Crippen LogP contribution in [0.2, 0.25) is 0 Å². The average molecular weight is 323 g/mol. The van der Waals surface area contributed by atoms with Gasteiger partial charge < -0.3 is 10.1 Å². The van der Waals surface area contributed by atoms with Crippen molar-refractivity contribution >= 4 is 17.6 Å². The third-order valence-corrected chi connectivity index (χ3v) is 3.51. The summed E-state index contributed by atoms with van der Waals surface area (Å²) in [6, 6.07) is 7.12. The number of aryl methyl sites for hydroxylation is 2. The van der Waals surface area contributed by atoms with Crippen molar-refractivity contribution in [1.29, 1.82) is 0 Å². The Kier molecular flexibility index (Phi) is 4.24. The first-order chi connectivity index (χ1) is 11.6. The number of hydrogen-bond donors (Lipinski definition) is 1. The molecule has 0 aliphatic heterocycles. The minimum atomic E-state index is -0.361. The van der Waals surface area contributed by atoms with E-state index in [9.17, 15) is 4.79 Å². The van der Waals surface area contributed by atoms with Gasteiger partial charge in [-0.1, -0.05) is 12.1 Å². The van der Waals surface area contributed by atoms with Crippen LogP contribution >= 0.6 is 0 Å². The van der Waals surface area contributed by atoms with Gasteiger partial charge in [0.1, 0.15) is 0 Å². The molecule has 0 unspecified atom stereocenters. The first-order valence-corrected chi connectivity index (χ1v) is 7.35. The van der Waals surface area contributed by atoms with Crippen LogP contribution in [0.1, 0.15) is 15.9 Å². The number of esters is 1. The molecule has 1 N–H and O–H groups in total. The van der Waals surface area contributed by atoms with Crippen molar-refractivity contribution in [2.24, 2.45) is 7.05 Å². The van der Waals surface area contributed by atoms with Crippen molar-refractivity contribution in [3.05, 3.63) is 54.0 Å². The maximum Gasteiger partial charge on any atom is 0.337 e. The maximum absolute atomic E-state index is 11.5. The van der Waals surface area contributed by atoms with Gasteiger partial charge in [0.25, 0.3) is 0 Å². The van der Waals surface area contributed by atoms with E-state index in [0.29, 0.717) is 11.5 Å². The first-order valence-electron chi connectivity index (χ1n) is 7.35. The summed E-state index contributed by atoms with van der Waals surface area (Å²) in [6.07, 6.45) is 5.30. The van der Waals surface area contributed by atoms with Crippen LogP contribution in [0.3, 0.4) is 0 Å². The van der Waals surface area contributed by atoms with Crippen LogP contribution < -0.4 is 5.32 Å². The molecule has 0 fully saturated rings. The van der Waals surface area contributed by atoms with Crippen LogP contribution in [0.4, 0.5) is 11.6 Å². The van der Waals surface area contributed by atoms with Gasteiger partial charge in [-0.3, -0.25) is 4.68 Å². The Morgan fingerprint density at radius 1 is 1.21 bits per heavy atom. The molecule has 0 atom stereocenters. The number of carbonyl (C=O) groups is 1. The summed E-state index contributed by atoms with van der Waals surface area (Å²) in [4.78, 5) is 20.4. The molecule has 0 saturated carbocycles. The van der Waals surface area contributed by atoms with Gasteiger partial charge in [-0.2, -0.15) is 5.10 Å². The van der Waals surface area contributed by atoms with Crippen LogP contribution in [0.15, 0.2) is 42.9 Å². The highest BCUT2D eigenvalue weighted by Crippen LogP contribution is 2.23. The highest BCUT2D eigenvalue weighted by molar-refractivity contribution is 5.89. The van der Waals surface area contributed by atoms with E-state index in [-0.39, 0.29) is 5.97 Å². The summed E-state index contributed by atoms with van der Waals surface area (Å²) in [5.41, 5.74) is 3.96. The van der Waals surface area contributed by atoms with Crippen molar-refractivity contribution < 1.29 is 9.53 Å². The Morgan fingerprint density at radius 3 is 2.58 bits per heavy atom. The van der Waals surface area contributed by atoms with Gasteiger partial charge in [-0.25, -0.2) is 14.8 Å². The lowest BCUT2D eigenvalue weighted by atomic mass is 10.1. The highest BCUT2D eigenvalue weighted by atomic mass is 16.5. The van der Waals surface area contributed by atoms with Crippen molar-refractivity contribution in [3.8, 4) is 11.3 Å². The van der Waals surface area contributed by atoms with E-state index in [4.69, 9.17) is 4.74 Å². The van der Waals surface area contributed by atoms with Crippen molar-refractivity contribution in [2.75, 3.05) is 12.4 Å². The molecule has 3 rings (SSSR count). The van der Waals surface area contributed by atoms with Gasteiger partial charge in [-0.15, -0.1) is 0 Å². The molecule has 122 valence electrons. The van der Waals surface area contributed by atoms with Gasteiger partial charge in [0.2, 0.25) is 5.95 Å². The molecule has 24 heavy (non-hydrogen) atoms. The Hall–Kier alpha value is -3.22. The third kappa shape index (κ3) is 3.24. The van der Waals surface area contributed by atoms with E-state index in [1.165, 1.54) is 7.11 Å². The first kappa shape index (κ1) is 15.7. The quantitative estimate of drug-likeness (QED) is 0.743.